The Morgan fingerprint density at radius 3 is 2.45 bits per heavy atom. The highest BCUT2D eigenvalue weighted by Crippen LogP contribution is 2.33. The van der Waals surface area contributed by atoms with Crippen molar-refractivity contribution in [1.29, 1.82) is 0 Å². The number of nitrogens with one attached hydrogen (secondary N) is 1. The van der Waals surface area contributed by atoms with E-state index in [1.165, 1.54) is 12.8 Å². The van der Waals surface area contributed by atoms with E-state index in [2.05, 4.69) is 49.9 Å². The summed E-state index contributed by atoms with van der Waals surface area (Å²) in [7, 11) is 0. The summed E-state index contributed by atoms with van der Waals surface area (Å²) in [6, 6.07) is 2.36. The van der Waals surface area contributed by atoms with Crippen LogP contribution in [0.25, 0.3) is 0 Å². The normalized spacial score (nSPS) is 15.6. The van der Waals surface area contributed by atoms with Crippen molar-refractivity contribution in [2.75, 3.05) is 16.9 Å². The molecule has 0 saturated heterocycles. The molecule has 2 rings (SSSR count). The fraction of sp³-hybridized carbons (Fsp3) is 0.733. The van der Waals surface area contributed by atoms with Gasteiger partial charge in [0.1, 0.15) is 17.5 Å². The molecule has 0 amide bonds. The van der Waals surface area contributed by atoms with Crippen molar-refractivity contribution < 1.29 is 0 Å². The molecule has 1 aliphatic rings. The third kappa shape index (κ3) is 3.60. The van der Waals surface area contributed by atoms with Gasteiger partial charge in [0.2, 0.25) is 0 Å². The van der Waals surface area contributed by atoms with Crippen LogP contribution in [-0.2, 0) is 5.41 Å². The monoisotopic (exact) mass is 277 g/mol. The molecule has 1 aromatic heterocycles. The van der Waals surface area contributed by atoms with Gasteiger partial charge >= 0.3 is 0 Å². The van der Waals surface area contributed by atoms with Gasteiger partial charge in [-0.2, -0.15) is 0 Å². The van der Waals surface area contributed by atoms with Gasteiger partial charge in [-0.3, -0.25) is 0 Å². The zero-order valence-corrected chi connectivity index (χ0v) is 13.3. The Hall–Kier alpha value is -1.36. The van der Waals surface area contributed by atoms with Crippen LogP contribution in [0.5, 0.6) is 0 Å². The summed E-state index contributed by atoms with van der Waals surface area (Å²) in [6.45, 7) is 11.8. The van der Waals surface area contributed by atoms with E-state index in [0.717, 1.165) is 24.1 Å². The van der Waals surface area contributed by atoms with Crippen LogP contribution in [0, 0.1) is 5.92 Å². The quantitative estimate of drug-likeness (QED) is 0.640. The first-order chi connectivity index (χ1) is 9.31. The fourth-order valence-corrected chi connectivity index (χ4v) is 2.14. The van der Waals surface area contributed by atoms with E-state index in [0.29, 0.717) is 11.9 Å². The summed E-state index contributed by atoms with van der Waals surface area (Å²) in [5, 5.41) is 0. The number of rotatable bonds is 5. The molecule has 0 spiro atoms. The van der Waals surface area contributed by atoms with E-state index >= 15 is 0 Å². The van der Waals surface area contributed by atoms with Gasteiger partial charge < -0.3 is 10.3 Å². The SMILES string of the molecule is CC(C)N(CC1CC1)c1cc(NN)nc(C(C)(C)C)n1. The summed E-state index contributed by atoms with van der Waals surface area (Å²) in [5.41, 5.74) is 2.57. The lowest BCUT2D eigenvalue weighted by Gasteiger charge is -2.29. The molecule has 0 bridgehead atoms. The van der Waals surface area contributed by atoms with Crippen molar-refractivity contribution in [3.05, 3.63) is 11.9 Å². The summed E-state index contributed by atoms with van der Waals surface area (Å²) < 4.78 is 0. The van der Waals surface area contributed by atoms with Crippen LogP contribution in [0.15, 0.2) is 6.07 Å². The third-order valence-electron chi connectivity index (χ3n) is 3.60. The topological polar surface area (TPSA) is 67.1 Å². The molecule has 1 aromatic rings. The Morgan fingerprint density at radius 1 is 1.35 bits per heavy atom. The lowest BCUT2D eigenvalue weighted by molar-refractivity contribution is 0.541. The molecule has 20 heavy (non-hydrogen) atoms. The highest BCUT2D eigenvalue weighted by molar-refractivity contribution is 5.50. The molecule has 5 nitrogen and oxygen atoms in total. The van der Waals surface area contributed by atoms with E-state index in [1.54, 1.807) is 0 Å². The molecular weight excluding hydrogens is 250 g/mol. The van der Waals surface area contributed by atoms with E-state index in [1.807, 2.05) is 6.07 Å². The molecule has 0 aromatic carbocycles. The number of nitrogen functional groups attached to an aromatic ring is 1. The van der Waals surface area contributed by atoms with Gasteiger partial charge in [0.15, 0.2) is 0 Å². The van der Waals surface area contributed by atoms with E-state index < -0.39 is 0 Å². The minimum atomic E-state index is -0.0934. The van der Waals surface area contributed by atoms with Crippen LogP contribution in [0.2, 0.25) is 0 Å². The van der Waals surface area contributed by atoms with E-state index in [4.69, 9.17) is 10.8 Å². The van der Waals surface area contributed by atoms with Crippen molar-refractivity contribution >= 4 is 11.6 Å². The fourth-order valence-electron chi connectivity index (χ4n) is 2.14. The van der Waals surface area contributed by atoms with Crippen LogP contribution in [0.1, 0.15) is 53.3 Å². The molecule has 5 heteroatoms. The number of nitrogens with zero attached hydrogens (tertiary/aromatic N) is 3. The summed E-state index contributed by atoms with van der Waals surface area (Å²) in [5.74, 6) is 8.86. The smallest absolute Gasteiger partial charge is 0.145 e. The maximum Gasteiger partial charge on any atom is 0.145 e. The van der Waals surface area contributed by atoms with Gasteiger partial charge in [-0.1, -0.05) is 20.8 Å². The second-order valence-corrected chi connectivity index (χ2v) is 7.02. The summed E-state index contributed by atoms with van der Waals surface area (Å²) in [6.07, 6.45) is 2.67. The number of hydrazine groups is 1. The molecule has 1 saturated carbocycles. The van der Waals surface area contributed by atoms with Crippen molar-refractivity contribution in [3.63, 3.8) is 0 Å². The summed E-state index contributed by atoms with van der Waals surface area (Å²) in [4.78, 5) is 11.6. The van der Waals surface area contributed by atoms with Crippen molar-refractivity contribution in [3.8, 4) is 0 Å². The van der Waals surface area contributed by atoms with E-state index in [-0.39, 0.29) is 5.41 Å². The Balaban J connectivity index is 2.36. The first-order valence-electron chi connectivity index (χ1n) is 7.44. The average Bonchev–Trinajstić information content (AvgIpc) is 3.17. The Kier molecular flexibility index (Phi) is 4.18. The van der Waals surface area contributed by atoms with Crippen molar-refractivity contribution in [1.82, 2.24) is 9.97 Å². The lowest BCUT2D eigenvalue weighted by atomic mass is 9.96. The van der Waals surface area contributed by atoms with Crippen LogP contribution in [0.4, 0.5) is 11.6 Å². The zero-order chi connectivity index (χ0) is 14.9. The Morgan fingerprint density at radius 2 is 2.00 bits per heavy atom. The first kappa shape index (κ1) is 15.0. The molecular formula is C15H27N5. The molecule has 0 atom stereocenters. The number of anilines is 2. The molecule has 1 aliphatic carbocycles. The molecule has 1 heterocycles. The van der Waals surface area contributed by atoms with E-state index in [9.17, 15) is 0 Å². The molecule has 0 aliphatic heterocycles. The van der Waals surface area contributed by atoms with Gasteiger partial charge in [-0.15, -0.1) is 0 Å². The number of hydrogen-bond acceptors (Lipinski definition) is 5. The van der Waals surface area contributed by atoms with Crippen molar-refractivity contribution in [2.24, 2.45) is 11.8 Å². The molecule has 0 unspecified atom stereocenters. The number of aromatic nitrogens is 2. The van der Waals surface area contributed by atoms with Crippen molar-refractivity contribution in [2.45, 2.75) is 58.9 Å². The first-order valence-corrected chi connectivity index (χ1v) is 7.44. The number of nitrogens with two attached hydrogens (primary N) is 1. The molecule has 3 N–H and O–H groups in total. The Labute approximate surface area is 121 Å². The number of hydrogen-bond donors (Lipinski definition) is 2. The second-order valence-electron chi connectivity index (χ2n) is 7.02. The maximum absolute atomic E-state index is 5.56. The maximum atomic E-state index is 5.56. The molecule has 0 radical (unpaired) electrons. The standard InChI is InChI=1S/C15H27N5/c1-10(2)20(9-11-6-7-11)13-8-12(19-16)17-14(18-13)15(3,4)5/h8,10-11H,6-7,9,16H2,1-5H3,(H,17,18,19). The van der Waals surface area contributed by atoms with Gasteiger partial charge in [-0.05, 0) is 32.6 Å². The van der Waals surface area contributed by atoms with Gasteiger partial charge in [0, 0.05) is 24.1 Å². The Bertz CT molecular complexity index is 460. The van der Waals surface area contributed by atoms with Crippen LogP contribution in [-0.4, -0.2) is 22.6 Å². The average molecular weight is 277 g/mol. The van der Waals surface area contributed by atoms with Crippen LogP contribution in [0.3, 0.4) is 0 Å². The van der Waals surface area contributed by atoms with Gasteiger partial charge in [0.25, 0.3) is 0 Å². The molecule has 112 valence electrons. The van der Waals surface area contributed by atoms with Gasteiger partial charge in [0.05, 0.1) is 0 Å². The van der Waals surface area contributed by atoms with Crippen LogP contribution >= 0.6 is 0 Å². The zero-order valence-electron chi connectivity index (χ0n) is 13.3. The lowest BCUT2D eigenvalue weighted by Crippen LogP contribution is -2.34. The highest BCUT2D eigenvalue weighted by atomic mass is 15.3. The third-order valence-corrected chi connectivity index (χ3v) is 3.60. The second kappa shape index (κ2) is 5.56. The molecule has 1 fully saturated rings. The predicted octanol–water partition coefficient (Wildman–Crippen LogP) is 2.68. The summed E-state index contributed by atoms with van der Waals surface area (Å²) >= 11 is 0. The van der Waals surface area contributed by atoms with Gasteiger partial charge in [-0.25, -0.2) is 15.8 Å². The largest absolute Gasteiger partial charge is 0.354 e. The minimum absolute atomic E-state index is 0.0934. The minimum Gasteiger partial charge on any atom is -0.354 e. The van der Waals surface area contributed by atoms with Crippen LogP contribution < -0.4 is 16.2 Å². The highest BCUT2D eigenvalue weighted by Gasteiger charge is 2.27. The predicted molar refractivity (Wildman–Crippen MR) is 83.7 cm³/mol.